The van der Waals surface area contributed by atoms with Crippen LogP contribution in [0, 0.1) is 13.8 Å². The lowest BCUT2D eigenvalue weighted by Gasteiger charge is -2.18. The first kappa shape index (κ1) is 11.1. The molecule has 0 saturated heterocycles. The lowest BCUT2D eigenvalue weighted by molar-refractivity contribution is 0.200. The van der Waals surface area contributed by atoms with Crippen molar-refractivity contribution in [3.05, 3.63) is 17.2 Å². The molecule has 0 bridgehead atoms. The zero-order valence-electron chi connectivity index (χ0n) is 9.92. The topological polar surface area (TPSA) is 55.5 Å². The molecule has 1 aromatic rings. The monoisotopic (exact) mass is 221 g/mol. The molecule has 0 aromatic heterocycles. The second-order valence-electron chi connectivity index (χ2n) is 4.61. The van der Waals surface area contributed by atoms with E-state index in [4.69, 9.17) is 10.5 Å². The molecule has 1 aliphatic carbocycles. The fourth-order valence-corrected chi connectivity index (χ4v) is 2.21. The molecule has 2 rings (SSSR count). The van der Waals surface area contributed by atoms with Gasteiger partial charge in [0, 0.05) is 0 Å². The number of ether oxygens (including phenoxy) is 1. The van der Waals surface area contributed by atoms with Crippen LogP contribution in [-0.2, 0) is 0 Å². The van der Waals surface area contributed by atoms with Crippen molar-refractivity contribution in [2.75, 3.05) is 5.73 Å². The average Bonchev–Trinajstić information content (AvgIpc) is 2.74. The van der Waals surface area contributed by atoms with Crippen LogP contribution < -0.4 is 10.5 Å². The van der Waals surface area contributed by atoms with Gasteiger partial charge in [0.05, 0.1) is 11.8 Å². The minimum atomic E-state index is 0.0926. The summed E-state index contributed by atoms with van der Waals surface area (Å²) in [7, 11) is 0. The second kappa shape index (κ2) is 4.24. The fraction of sp³-hybridized carbons (Fsp3) is 0.538. The summed E-state index contributed by atoms with van der Waals surface area (Å²) < 4.78 is 5.87. The van der Waals surface area contributed by atoms with Crippen molar-refractivity contribution in [3.63, 3.8) is 0 Å². The van der Waals surface area contributed by atoms with E-state index in [9.17, 15) is 5.11 Å². The Bertz CT molecular complexity index is 369. The van der Waals surface area contributed by atoms with Crippen LogP contribution in [0.1, 0.15) is 36.8 Å². The van der Waals surface area contributed by atoms with E-state index < -0.39 is 0 Å². The van der Waals surface area contributed by atoms with E-state index in [1.807, 2.05) is 13.8 Å². The van der Waals surface area contributed by atoms with Gasteiger partial charge in [-0.2, -0.15) is 0 Å². The molecule has 0 radical (unpaired) electrons. The number of anilines is 1. The normalized spacial score (nSPS) is 16.6. The van der Waals surface area contributed by atoms with E-state index in [0.717, 1.165) is 24.0 Å². The summed E-state index contributed by atoms with van der Waals surface area (Å²) in [6.07, 6.45) is 4.82. The first-order valence-electron chi connectivity index (χ1n) is 5.85. The highest BCUT2D eigenvalue weighted by Gasteiger charge is 2.20. The van der Waals surface area contributed by atoms with Crippen molar-refractivity contribution in [3.8, 4) is 11.5 Å². The second-order valence-corrected chi connectivity index (χ2v) is 4.61. The van der Waals surface area contributed by atoms with Crippen molar-refractivity contribution in [1.82, 2.24) is 0 Å². The Labute approximate surface area is 96.2 Å². The van der Waals surface area contributed by atoms with E-state index in [1.54, 1.807) is 6.07 Å². The van der Waals surface area contributed by atoms with Crippen LogP contribution in [0.5, 0.6) is 11.5 Å². The number of phenolic OH excluding ortho intramolecular Hbond substituents is 1. The molecule has 0 amide bonds. The average molecular weight is 221 g/mol. The Morgan fingerprint density at radius 1 is 1.31 bits per heavy atom. The number of nitrogens with two attached hydrogens (primary N) is 1. The largest absolute Gasteiger partial charge is 0.503 e. The molecular weight excluding hydrogens is 202 g/mol. The lowest BCUT2D eigenvalue weighted by Crippen LogP contribution is -2.12. The molecule has 0 spiro atoms. The van der Waals surface area contributed by atoms with Gasteiger partial charge in [0.15, 0.2) is 11.5 Å². The number of aryl methyl sites for hydroxylation is 1. The van der Waals surface area contributed by atoms with Crippen molar-refractivity contribution < 1.29 is 9.84 Å². The quantitative estimate of drug-likeness (QED) is 0.596. The molecular formula is C13H19NO2. The van der Waals surface area contributed by atoms with Crippen molar-refractivity contribution in [1.29, 1.82) is 0 Å². The number of nitrogen functional groups attached to an aromatic ring is 1. The van der Waals surface area contributed by atoms with Crippen LogP contribution in [0.4, 0.5) is 5.69 Å². The lowest BCUT2D eigenvalue weighted by atomic mass is 10.1. The highest BCUT2D eigenvalue weighted by atomic mass is 16.5. The predicted octanol–water partition coefficient (Wildman–Crippen LogP) is 2.91. The fourth-order valence-electron chi connectivity index (χ4n) is 2.21. The predicted molar refractivity (Wildman–Crippen MR) is 64.9 cm³/mol. The Hall–Kier alpha value is -1.38. The maximum absolute atomic E-state index is 9.91. The van der Waals surface area contributed by atoms with E-state index >= 15 is 0 Å². The number of hydrogen-bond acceptors (Lipinski definition) is 3. The molecule has 3 N–H and O–H groups in total. The summed E-state index contributed by atoms with van der Waals surface area (Å²) in [5.74, 6) is 0.666. The molecule has 1 fully saturated rings. The third kappa shape index (κ3) is 1.94. The Balaban J connectivity index is 2.31. The van der Waals surface area contributed by atoms with Crippen LogP contribution in [0.2, 0.25) is 0 Å². The Morgan fingerprint density at radius 2 is 1.94 bits per heavy atom. The van der Waals surface area contributed by atoms with E-state index in [0.29, 0.717) is 11.4 Å². The van der Waals surface area contributed by atoms with Crippen molar-refractivity contribution >= 4 is 5.69 Å². The van der Waals surface area contributed by atoms with Crippen molar-refractivity contribution in [2.45, 2.75) is 45.6 Å². The van der Waals surface area contributed by atoms with Gasteiger partial charge >= 0.3 is 0 Å². The van der Waals surface area contributed by atoms with Gasteiger partial charge in [-0.1, -0.05) is 0 Å². The maximum Gasteiger partial charge on any atom is 0.181 e. The third-order valence-corrected chi connectivity index (χ3v) is 3.38. The zero-order chi connectivity index (χ0) is 11.7. The SMILES string of the molecule is Cc1cc(N)c(O)c(OC2CCCC2)c1C. The van der Waals surface area contributed by atoms with Gasteiger partial charge in [0.2, 0.25) is 0 Å². The number of hydrogen-bond donors (Lipinski definition) is 2. The highest BCUT2D eigenvalue weighted by molar-refractivity contribution is 5.64. The van der Waals surface area contributed by atoms with Gasteiger partial charge in [-0.3, -0.25) is 0 Å². The summed E-state index contributed by atoms with van der Waals surface area (Å²) >= 11 is 0. The third-order valence-electron chi connectivity index (χ3n) is 3.38. The molecule has 0 atom stereocenters. The van der Waals surface area contributed by atoms with Crippen LogP contribution in [-0.4, -0.2) is 11.2 Å². The molecule has 16 heavy (non-hydrogen) atoms. The summed E-state index contributed by atoms with van der Waals surface area (Å²) in [5.41, 5.74) is 8.18. The van der Waals surface area contributed by atoms with Gasteiger partial charge < -0.3 is 15.6 Å². The molecule has 0 heterocycles. The maximum atomic E-state index is 9.91. The van der Waals surface area contributed by atoms with E-state index in [1.165, 1.54) is 12.8 Å². The van der Waals surface area contributed by atoms with Crippen LogP contribution in [0.3, 0.4) is 0 Å². The van der Waals surface area contributed by atoms with Gasteiger partial charge in [0.25, 0.3) is 0 Å². The molecule has 88 valence electrons. The van der Waals surface area contributed by atoms with E-state index in [-0.39, 0.29) is 11.9 Å². The zero-order valence-corrected chi connectivity index (χ0v) is 9.92. The summed E-state index contributed by atoms with van der Waals surface area (Å²) in [5, 5.41) is 9.91. The molecule has 0 unspecified atom stereocenters. The first-order chi connectivity index (χ1) is 7.59. The Kier molecular flexibility index (Phi) is 2.95. The van der Waals surface area contributed by atoms with Crippen LogP contribution >= 0.6 is 0 Å². The van der Waals surface area contributed by atoms with Gasteiger partial charge in [-0.05, 0) is 56.7 Å². The number of phenols is 1. The molecule has 3 nitrogen and oxygen atoms in total. The summed E-state index contributed by atoms with van der Waals surface area (Å²) in [6.45, 7) is 3.94. The van der Waals surface area contributed by atoms with E-state index in [2.05, 4.69) is 0 Å². The summed E-state index contributed by atoms with van der Waals surface area (Å²) in [6, 6.07) is 1.78. The van der Waals surface area contributed by atoms with Crippen molar-refractivity contribution in [2.24, 2.45) is 0 Å². The smallest absolute Gasteiger partial charge is 0.181 e. The molecule has 1 aromatic carbocycles. The van der Waals surface area contributed by atoms with Gasteiger partial charge in [0.1, 0.15) is 0 Å². The van der Waals surface area contributed by atoms with Gasteiger partial charge in [-0.25, -0.2) is 0 Å². The molecule has 3 heteroatoms. The minimum Gasteiger partial charge on any atom is -0.503 e. The Morgan fingerprint density at radius 3 is 2.56 bits per heavy atom. The molecule has 0 aliphatic heterocycles. The number of aromatic hydroxyl groups is 1. The molecule has 1 saturated carbocycles. The van der Waals surface area contributed by atoms with Gasteiger partial charge in [-0.15, -0.1) is 0 Å². The molecule has 1 aliphatic rings. The standard InChI is InChI=1S/C13H19NO2/c1-8-7-11(14)12(15)13(9(8)2)16-10-5-3-4-6-10/h7,10,15H,3-6,14H2,1-2H3. The highest BCUT2D eigenvalue weighted by Crippen LogP contribution is 2.39. The number of benzene rings is 1. The summed E-state index contributed by atoms with van der Waals surface area (Å²) in [4.78, 5) is 0. The van der Waals surface area contributed by atoms with Crippen LogP contribution in [0.25, 0.3) is 0 Å². The number of rotatable bonds is 2. The first-order valence-corrected chi connectivity index (χ1v) is 5.85. The minimum absolute atomic E-state index is 0.0926. The van der Waals surface area contributed by atoms with Crippen LogP contribution in [0.15, 0.2) is 6.07 Å².